The summed E-state index contributed by atoms with van der Waals surface area (Å²) in [5.74, 6) is 0. The van der Waals surface area contributed by atoms with Crippen LogP contribution in [0.1, 0.15) is 21.7 Å². The van der Waals surface area contributed by atoms with Crippen molar-refractivity contribution in [2.45, 2.75) is 10.5 Å². The molecule has 0 aromatic heterocycles. The molecular weight excluding hydrogens is 259 g/mol. The first-order valence-corrected chi connectivity index (χ1v) is 7.96. The van der Waals surface area contributed by atoms with E-state index in [1.54, 1.807) is 0 Å². The standard InChI is InChI=1S/C9H7.C5H7.Zr/c1-2-5-9-7-3-6-8(9)4-1;1-4-5(2)3;/h1-7H;1,4H,2H2,3H3;. The summed E-state index contributed by atoms with van der Waals surface area (Å²) in [4.78, 5) is 0. The molecule has 0 N–H and O–H groups in total. The molecule has 0 heterocycles. The quantitative estimate of drug-likeness (QED) is 0.732. The summed E-state index contributed by atoms with van der Waals surface area (Å²) in [7, 11) is 0. The van der Waals surface area contributed by atoms with Gasteiger partial charge in [-0.05, 0) is 0 Å². The predicted molar refractivity (Wildman–Crippen MR) is 62.2 cm³/mol. The molecule has 0 saturated carbocycles. The van der Waals surface area contributed by atoms with Crippen molar-refractivity contribution >= 4 is 6.08 Å². The third-order valence-electron chi connectivity index (χ3n) is 2.44. The normalized spacial score (nSPS) is 18.1. The van der Waals surface area contributed by atoms with Gasteiger partial charge in [-0.3, -0.25) is 0 Å². The average Bonchev–Trinajstić information content (AvgIpc) is 2.62. The summed E-state index contributed by atoms with van der Waals surface area (Å²) in [5.41, 5.74) is 4.09. The van der Waals surface area contributed by atoms with Crippen molar-refractivity contribution in [2.75, 3.05) is 0 Å². The molecule has 74 valence electrons. The van der Waals surface area contributed by atoms with Crippen molar-refractivity contribution in [1.82, 2.24) is 0 Å². The second kappa shape index (κ2) is 4.90. The summed E-state index contributed by atoms with van der Waals surface area (Å²) in [6.07, 6.45) is 6.79. The Morgan fingerprint density at radius 3 is 3.00 bits per heavy atom. The molecule has 0 aliphatic heterocycles. The van der Waals surface area contributed by atoms with Gasteiger partial charge in [0, 0.05) is 0 Å². The van der Waals surface area contributed by atoms with Crippen LogP contribution in [0.5, 0.6) is 0 Å². The van der Waals surface area contributed by atoms with Crippen LogP contribution in [0.4, 0.5) is 0 Å². The molecule has 0 nitrogen and oxygen atoms in total. The maximum atomic E-state index is 3.89. The fourth-order valence-electron chi connectivity index (χ4n) is 1.69. The van der Waals surface area contributed by atoms with Gasteiger partial charge >= 0.3 is 103 Å². The molecule has 1 aromatic carbocycles. The minimum absolute atomic E-state index is 0.475. The summed E-state index contributed by atoms with van der Waals surface area (Å²) in [6, 6.07) is 8.71. The topological polar surface area (TPSA) is 0 Å². The van der Waals surface area contributed by atoms with Crippen LogP contribution in [-0.2, 0) is 23.2 Å². The molecule has 0 fully saturated rings. The molecule has 1 atom stereocenters. The van der Waals surface area contributed by atoms with E-state index in [0.717, 1.165) is 9.20 Å². The van der Waals surface area contributed by atoms with E-state index in [2.05, 4.69) is 52.9 Å². The van der Waals surface area contributed by atoms with Crippen molar-refractivity contribution < 1.29 is 23.2 Å². The summed E-state index contributed by atoms with van der Waals surface area (Å²) >= 11 is -0.475. The van der Waals surface area contributed by atoms with Crippen LogP contribution in [0.15, 0.2) is 52.4 Å². The monoisotopic (exact) mass is 272 g/mol. The molecule has 15 heavy (non-hydrogen) atoms. The van der Waals surface area contributed by atoms with Crippen LogP contribution >= 0.6 is 0 Å². The Kier molecular flexibility index (Phi) is 3.54. The Morgan fingerprint density at radius 1 is 1.40 bits per heavy atom. The molecular formula is C14H14Zr. The van der Waals surface area contributed by atoms with Crippen molar-refractivity contribution in [3.8, 4) is 0 Å². The Hall–Kier alpha value is -0.677. The van der Waals surface area contributed by atoms with Crippen LogP contribution in [0.25, 0.3) is 6.08 Å². The first-order valence-electron chi connectivity index (χ1n) is 5.12. The SMILES string of the molecule is C=C(C)C=[CH][Zr][CH]1C=Cc2ccccc21. The van der Waals surface area contributed by atoms with Gasteiger partial charge in [0.15, 0.2) is 0 Å². The molecule has 1 heteroatoms. The molecule has 1 aromatic rings. The molecule has 1 aliphatic carbocycles. The van der Waals surface area contributed by atoms with E-state index < -0.39 is 23.2 Å². The molecule has 0 radical (unpaired) electrons. The van der Waals surface area contributed by atoms with Crippen LogP contribution < -0.4 is 0 Å². The van der Waals surface area contributed by atoms with Gasteiger partial charge in [0.2, 0.25) is 0 Å². The molecule has 2 rings (SSSR count). The fraction of sp³-hybridized carbons (Fsp3) is 0.143. The Morgan fingerprint density at radius 2 is 2.20 bits per heavy atom. The third kappa shape index (κ3) is 2.66. The Bertz CT molecular complexity index is 427. The summed E-state index contributed by atoms with van der Waals surface area (Å²) in [6.45, 7) is 5.94. The molecule has 0 bridgehead atoms. The van der Waals surface area contributed by atoms with Crippen molar-refractivity contribution in [1.29, 1.82) is 0 Å². The van der Waals surface area contributed by atoms with Gasteiger partial charge in [0.1, 0.15) is 0 Å². The van der Waals surface area contributed by atoms with Gasteiger partial charge < -0.3 is 0 Å². The first-order chi connectivity index (χ1) is 7.27. The second-order valence-electron chi connectivity index (χ2n) is 3.81. The summed E-state index contributed by atoms with van der Waals surface area (Å²) < 4.78 is 3.10. The van der Waals surface area contributed by atoms with Crippen molar-refractivity contribution in [2.24, 2.45) is 0 Å². The van der Waals surface area contributed by atoms with Gasteiger partial charge in [-0.15, -0.1) is 0 Å². The van der Waals surface area contributed by atoms with Crippen LogP contribution in [-0.4, -0.2) is 0 Å². The number of allylic oxidation sites excluding steroid dienone is 3. The zero-order valence-electron chi connectivity index (χ0n) is 8.90. The second-order valence-corrected chi connectivity index (χ2v) is 6.98. The average molecular weight is 273 g/mol. The molecule has 0 amide bonds. The molecule has 1 aliphatic rings. The number of hydrogen-bond acceptors (Lipinski definition) is 0. The number of rotatable bonds is 3. The summed E-state index contributed by atoms with van der Waals surface area (Å²) in [5, 5.41) is 0. The van der Waals surface area contributed by atoms with E-state index in [0.29, 0.717) is 0 Å². The van der Waals surface area contributed by atoms with Gasteiger partial charge in [-0.1, -0.05) is 0 Å². The van der Waals surface area contributed by atoms with Gasteiger partial charge in [0.25, 0.3) is 0 Å². The zero-order valence-corrected chi connectivity index (χ0v) is 11.4. The van der Waals surface area contributed by atoms with Crippen LogP contribution in [0, 0.1) is 0 Å². The van der Waals surface area contributed by atoms with Gasteiger partial charge in [0.05, 0.1) is 0 Å². The number of hydrogen-bond donors (Lipinski definition) is 0. The Labute approximate surface area is 103 Å². The predicted octanol–water partition coefficient (Wildman–Crippen LogP) is 3.93. The number of fused-ring (bicyclic) bond motifs is 1. The van der Waals surface area contributed by atoms with E-state index >= 15 is 0 Å². The van der Waals surface area contributed by atoms with Crippen molar-refractivity contribution in [3.05, 3.63) is 63.5 Å². The minimum atomic E-state index is -0.475. The Balaban J connectivity index is 2.08. The third-order valence-corrected chi connectivity index (χ3v) is 5.45. The van der Waals surface area contributed by atoms with Crippen molar-refractivity contribution in [3.63, 3.8) is 0 Å². The van der Waals surface area contributed by atoms with Crippen LogP contribution in [0.3, 0.4) is 0 Å². The molecule has 0 spiro atoms. The first kappa shape index (κ1) is 10.8. The zero-order chi connectivity index (χ0) is 10.7. The molecule has 0 saturated heterocycles. The fourth-order valence-corrected chi connectivity index (χ4v) is 4.73. The van der Waals surface area contributed by atoms with E-state index in [4.69, 9.17) is 0 Å². The number of benzene rings is 1. The molecule has 1 unspecified atom stereocenters. The van der Waals surface area contributed by atoms with E-state index in [1.165, 1.54) is 11.1 Å². The van der Waals surface area contributed by atoms with Gasteiger partial charge in [-0.2, -0.15) is 0 Å². The maximum absolute atomic E-state index is 3.89. The van der Waals surface area contributed by atoms with E-state index in [-0.39, 0.29) is 0 Å². The van der Waals surface area contributed by atoms with E-state index in [1.807, 2.05) is 6.92 Å². The van der Waals surface area contributed by atoms with Gasteiger partial charge in [-0.25, -0.2) is 0 Å². The van der Waals surface area contributed by atoms with Crippen LogP contribution in [0.2, 0.25) is 0 Å². The van der Waals surface area contributed by atoms with E-state index in [9.17, 15) is 0 Å².